The summed E-state index contributed by atoms with van der Waals surface area (Å²) in [4.78, 5) is 41.0. The van der Waals surface area contributed by atoms with Gasteiger partial charge in [0.25, 0.3) is 5.91 Å². The maximum atomic E-state index is 13.2. The predicted molar refractivity (Wildman–Crippen MR) is 114 cm³/mol. The van der Waals surface area contributed by atoms with Gasteiger partial charge >= 0.3 is 6.03 Å². The van der Waals surface area contributed by atoms with E-state index in [1.54, 1.807) is 11.9 Å². The molecule has 1 aromatic rings. The number of imide groups is 1. The number of para-hydroxylation sites is 1. The van der Waals surface area contributed by atoms with Crippen molar-refractivity contribution in [1.82, 2.24) is 15.1 Å². The summed E-state index contributed by atoms with van der Waals surface area (Å²) in [7, 11) is 1.69. The van der Waals surface area contributed by atoms with Gasteiger partial charge in [0.1, 0.15) is 17.8 Å². The fourth-order valence-electron chi connectivity index (χ4n) is 5.04. The number of urea groups is 1. The van der Waals surface area contributed by atoms with Crippen LogP contribution in [0.25, 0.3) is 0 Å². The summed E-state index contributed by atoms with van der Waals surface area (Å²) in [6, 6.07) is 9.05. The minimum absolute atomic E-state index is 0.0316. The van der Waals surface area contributed by atoms with Crippen LogP contribution in [0, 0.1) is 11.3 Å². The standard InChI is InChI=1S/C23H33N3O4/c1-17-13-22(2,3)16-23(14-17)20(28)26(21(29)24-23)15-19(27)25(4)11-8-12-30-18-9-6-5-7-10-18/h5-7,9-10,17H,8,11-16H2,1-4H3,(H,24,29). The SMILES string of the molecule is CC1CC(C)(C)CC2(C1)NC(=O)N(CC(=O)N(C)CCCOc1ccccc1)C2=O. The molecule has 1 aliphatic carbocycles. The van der Waals surface area contributed by atoms with Crippen molar-refractivity contribution in [2.45, 2.75) is 52.0 Å². The van der Waals surface area contributed by atoms with Crippen LogP contribution in [0.1, 0.15) is 46.5 Å². The van der Waals surface area contributed by atoms with Gasteiger partial charge in [0.15, 0.2) is 0 Å². The van der Waals surface area contributed by atoms with Crippen LogP contribution in [-0.4, -0.2) is 59.9 Å². The molecule has 2 atom stereocenters. The highest BCUT2D eigenvalue weighted by molar-refractivity contribution is 6.09. The number of hydrogen-bond acceptors (Lipinski definition) is 4. The molecule has 1 saturated carbocycles. The van der Waals surface area contributed by atoms with Crippen molar-refractivity contribution in [2.24, 2.45) is 11.3 Å². The van der Waals surface area contributed by atoms with Crippen molar-refractivity contribution in [2.75, 3.05) is 26.7 Å². The van der Waals surface area contributed by atoms with Crippen LogP contribution in [0.15, 0.2) is 30.3 Å². The lowest BCUT2D eigenvalue weighted by Gasteiger charge is -2.43. The van der Waals surface area contributed by atoms with Gasteiger partial charge in [-0.2, -0.15) is 0 Å². The number of hydrogen-bond donors (Lipinski definition) is 1. The summed E-state index contributed by atoms with van der Waals surface area (Å²) in [6.45, 7) is 7.12. The molecule has 2 aliphatic rings. The fourth-order valence-corrected chi connectivity index (χ4v) is 5.04. The minimum atomic E-state index is -0.874. The van der Waals surface area contributed by atoms with Gasteiger partial charge < -0.3 is 15.0 Å². The Bertz CT molecular complexity index is 795. The number of carbonyl (C=O) groups is 3. The molecule has 3 rings (SSSR count). The molecule has 1 aromatic carbocycles. The van der Waals surface area contributed by atoms with Crippen LogP contribution < -0.4 is 10.1 Å². The summed E-state index contributed by atoms with van der Waals surface area (Å²) in [5.41, 5.74) is -0.906. The maximum Gasteiger partial charge on any atom is 0.325 e. The fraction of sp³-hybridized carbons (Fsp3) is 0.609. The number of nitrogens with one attached hydrogen (secondary N) is 1. The summed E-state index contributed by atoms with van der Waals surface area (Å²) < 4.78 is 5.64. The van der Waals surface area contributed by atoms with Crippen LogP contribution in [0.4, 0.5) is 4.79 Å². The van der Waals surface area contributed by atoms with Crippen molar-refractivity contribution in [1.29, 1.82) is 0 Å². The Balaban J connectivity index is 1.52. The molecule has 0 bridgehead atoms. The van der Waals surface area contributed by atoms with E-state index in [9.17, 15) is 14.4 Å². The molecule has 1 spiro atoms. The number of ether oxygens (including phenoxy) is 1. The maximum absolute atomic E-state index is 13.2. The quantitative estimate of drug-likeness (QED) is 0.548. The Morgan fingerprint density at radius 1 is 1.23 bits per heavy atom. The van der Waals surface area contributed by atoms with E-state index in [2.05, 4.69) is 26.1 Å². The second-order valence-electron chi connectivity index (χ2n) is 9.59. The van der Waals surface area contributed by atoms with Crippen molar-refractivity contribution in [3.8, 4) is 5.75 Å². The van der Waals surface area contributed by atoms with Gasteiger partial charge in [-0.1, -0.05) is 39.0 Å². The number of rotatable bonds is 7. The number of likely N-dealkylation sites (N-methyl/N-ethyl adjacent to an activating group) is 1. The highest BCUT2D eigenvalue weighted by Gasteiger charge is 2.56. The van der Waals surface area contributed by atoms with E-state index in [1.165, 1.54) is 0 Å². The second kappa shape index (κ2) is 8.66. The number of benzene rings is 1. The van der Waals surface area contributed by atoms with E-state index in [4.69, 9.17) is 4.74 Å². The number of nitrogens with zero attached hydrogens (tertiary/aromatic N) is 2. The molecular weight excluding hydrogens is 382 g/mol. The predicted octanol–water partition coefficient (Wildman–Crippen LogP) is 3.05. The first kappa shape index (κ1) is 22.1. The lowest BCUT2D eigenvalue weighted by molar-refractivity contribution is -0.140. The van der Waals surface area contributed by atoms with E-state index < -0.39 is 11.6 Å². The zero-order valence-electron chi connectivity index (χ0n) is 18.4. The number of amides is 4. The normalized spacial score (nSPS) is 25.3. The zero-order valence-corrected chi connectivity index (χ0v) is 18.4. The van der Waals surface area contributed by atoms with Crippen LogP contribution >= 0.6 is 0 Å². The lowest BCUT2D eigenvalue weighted by Crippen LogP contribution is -2.54. The smallest absolute Gasteiger partial charge is 0.325 e. The molecule has 0 radical (unpaired) electrons. The molecular formula is C23H33N3O4. The Hall–Kier alpha value is -2.57. The van der Waals surface area contributed by atoms with Gasteiger partial charge in [-0.15, -0.1) is 0 Å². The third-order valence-electron chi connectivity index (χ3n) is 5.99. The van der Waals surface area contributed by atoms with Crippen LogP contribution in [0.5, 0.6) is 5.75 Å². The van der Waals surface area contributed by atoms with E-state index >= 15 is 0 Å². The first-order valence-corrected chi connectivity index (χ1v) is 10.7. The van der Waals surface area contributed by atoms with Gasteiger partial charge in [0.05, 0.1) is 6.61 Å². The third kappa shape index (κ3) is 4.94. The first-order chi connectivity index (χ1) is 14.1. The number of carbonyl (C=O) groups excluding carboxylic acids is 3. The topological polar surface area (TPSA) is 79.0 Å². The lowest BCUT2D eigenvalue weighted by atomic mass is 9.64. The van der Waals surface area contributed by atoms with Gasteiger partial charge in [0, 0.05) is 13.6 Å². The van der Waals surface area contributed by atoms with E-state index in [0.717, 1.165) is 17.1 Å². The third-order valence-corrected chi connectivity index (χ3v) is 5.99. The van der Waals surface area contributed by atoms with Gasteiger partial charge in [-0.05, 0) is 49.1 Å². The van der Waals surface area contributed by atoms with E-state index in [0.29, 0.717) is 38.3 Å². The van der Waals surface area contributed by atoms with Gasteiger partial charge in [-0.25, -0.2) is 4.79 Å². The monoisotopic (exact) mass is 415 g/mol. The Morgan fingerprint density at radius 2 is 1.93 bits per heavy atom. The minimum Gasteiger partial charge on any atom is -0.494 e. The molecule has 2 fully saturated rings. The Kier molecular flexibility index (Phi) is 6.38. The van der Waals surface area contributed by atoms with E-state index in [-0.39, 0.29) is 23.8 Å². The Labute approximate surface area is 178 Å². The summed E-state index contributed by atoms with van der Waals surface area (Å²) in [6.07, 6.45) is 2.90. The average molecular weight is 416 g/mol. The first-order valence-electron chi connectivity index (χ1n) is 10.7. The Morgan fingerprint density at radius 3 is 2.60 bits per heavy atom. The molecule has 30 heavy (non-hydrogen) atoms. The molecule has 7 nitrogen and oxygen atoms in total. The van der Waals surface area contributed by atoms with Crippen LogP contribution in [-0.2, 0) is 9.59 Å². The second-order valence-corrected chi connectivity index (χ2v) is 9.59. The molecule has 1 N–H and O–H groups in total. The van der Waals surface area contributed by atoms with Crippen LogP contribution in [0.2, 0.25) is 0 Å². The molecule has 1 aliphatic heterocycles. The molecule has 2 unspecified atom stereocenters. The highest BCUT2D eigenvalue weighted by atomic mass is 16.5. The summed E-state index contributed by atoms with van der Waals surface area (Å²) >= 11 is 0. The molecule has 1 saturated heterocycles. The summed E-state index contributed by atoms with van der Waals surface area (Å²) in [5.74, 6) is 0.612. The van der Waals surface area contributed by atoms with Crippen molar-refractivity contribution >= 4 is 17.8 Å². The molecule has 7 heteroatoms. The van der Waals surface area contributed by atoms with Crippen molar-refractivity contribution in [3.63, 3.8) is 0 Å². The molecule has 0 aromatic heterocycles. The molecule has 1 heterocycles. The largest absolute Gasteiger partial charge is 0.494 e. The van der Waals surface area contributed by atoms with E-state index in [1.807, 2.05) is 30.3 Å². The van der Waals surface area contributed by atoms with Gasteiger partial charge in [0.2, 0.25) is 5.91 Å². The van der Waals surface area contributed by atoms with Gasteiger partial charge in [-0.3, -0.25) is 14.5 Å². The highest BCUT2D eigenvalue weighted by Crippen LogP contribution is 2.46. The van der Waals surface area contributed by atoms with Crippen molar-refractivity contribution < 1.29 is 19.1 Å². The summed E-state index contributed by atoms with van der Waals surface area (Å²) in [5, 5.41) is 2.92. The average Bonchev–Trinajstić information content (AvgIpc) is 2.87. The van der Waals surface area contributed by atoms with Crippen LogP contribution in [0.3, 0.4) is 0 Å². The molecule has 164 valence electrons. The van der Waals surface area contributed by atoms with Crippen molar-refractivity contribution in [3.05, 3.63) is 30.3 Å². The zero-order chi connectivity index (χ0) is 21.9. The molecule has 4 amide bonds.